The summed E-state index contributed by atoms with van der Waals surface area (Å²) in [5, 5.41) is 5.08. The highest BCUT2D eigenvalue weighted by atomic mass is 35.5. The van der Waals surface area contributed by atoms with E-state index in [1.807, 2.05) is 25.1 Å². The van der Waals surface area contributed by atoms with Crippen molar-refractivity contribution in [1.82, 2.24) is 4.98 Å². The van der Waals surface area contributed by atoms with Gasteiger partial charge in [-0.15, -0.1) is 0 Å². The number of nitrogens with one attached hydrogen (secondary N) is 1. The summed E-state index contributed by atoms with van der Waals surface area (Å²) < 4.78 is 5.32. The van der Waals surface area contributed by atoms with Crippen LogP contribution < -0.4 is 10.9 Å². The quantitative estimate of drug-likeness (QED) is 0.418. The molecule has 0 spiro atoms. The minimum absolute atomic E-state index is 0.320. The molecule has 0 bridgehead atoms. The molecule has 0 aliphatic rings. The van der Waals surface area contributed by atoms with E-state index in [2.05, 4.69) is 34.7 Å². The van der Waals surface area contributed by atoms with Crippen LogP contribution in [0.25, 0.3) is 21.9 Å². The van der Waals surface area contributed by atoms with E-state index in [0.29, 0.717) is 17.2 Å². The second-order valence-electron chi connectivity index (χ2n) is 6.58. The normalized spacial score (nSPS) is 11.5. The first-order valence-electron chi connectivity index (χ1n) is 8.71. The predicted molar refractivity (Wildman–Crippen MR) is 105 cm³/mol. The zero-order chi connectivity index (χ0) is 18.1. The van der Waals surface area contributed by atoms with Crippen molar-refractivity contribution in [2.24, 2.45) is 0 Å². The first kappa shape index (κ1) is 16.9. The number of aromatic amines is 1. The van der Waals surface area contributed by atoms with E-state index < -0.39 is 0 Å². The van der Waals surface area contributed by atoms with Crippen LogP contribution in [0.2, 0.25) is 5.02 Å². The molecule has 0 saturated carbocycles. The molecular formula is C21H20ClN2O2+. The summed E-state index contributed by atoms with van der Waals surface area (Å²) in [4.78, 5) is 15.2. The molecule has 0 radical (unpaired) electrons. The number of hydrogen-bond acceptors (Lipinski definition) is 2. The number of benzene rings is 2. The molecule has 0 atom stereocenters. The van der Waals surface area contributed by atoms with Gasteiger partial charge in [0.1, 0.15) is 12.1 Å². The highest BCUT2D eigenvalue weighted by Gasteiger charge is 2.10. The number of halogens is 1. The zero-order valence-electron chi connectivity index (χ0n) is 14.5. The number of nitrogens with two attached hydrogens (primary N) is 1. The molecule has 26 heavy (non-hydrogen) atoms. The smallest absolute Gasteiger partial charge is 0.336 e. The molecule has 0 fully saturated rings. The number of quaternary nitrogens is 1. The highest BCUT2D eigenvalue weighted by Crippen LogP contribution is 2.24. The van der Waals surface area contributed by atoms with E-state index in [1.54, 1.807) is 6.07 Å². The van der Waals surface area contributed by atoms with E-state index >= 15 is 0 Å². The topological polar surface area (TPSA) is 62.6 Å². The first-order chi connectivity index (χ1) is 12.6. The van der Waals surface area contributed by atoms with Crippen molar-refractivity contribution in [1.29, 1.82) is 0 Å². The van der Waals surface area contributed by atoms with Gasteiger partial charge in [-0.1, -0.05) is 29.8 Å². The summed E-state index contributed by atoms with van der Waals surface area (Å²) in [6.45, 7) is 3.55. The molecule has 4 aromatic rings. The number of aromatic nitrogens is 1. The predicted octanol–water partition coefficient (Wildman–Crippen LogP) is 3.54. The fourth-order valence-electron chi connectivity index (χ4n) is 3.37. The maximum absolute atomic E-state index is 11.8. The molecule has 0 saturated heterocycles. The number of para-hydroxylation sites is 1. The number of hydrogen-bond donors (Lipinski definition) is 2. The summed E-state index contributed by atoms with van der Waals surface area (Å²) in [7, 11) is 0. The lowest BCUT2D eigenvalue weighted by Crippen LogP contribution is -2.83. The van der Waals surface area contributed by atoms with E-state index in [9.17, 15) is 4.79 Å². The SMILES string of the molecule is Cc1cc2oc(=O)cc(C[NH2+]CCc3c[nH]c4ccccc34)c2cc1Cl. The Kier molecular flexibility index (Phi) is 4.53. The molecular weight excluding hydrogens is 348 g/mol. The van der Waals surface area contributed by atoms with E-state index in [-0.39, 0.29) is 5.63 Å². The van der Waals surface area contributed by atoms with Crippen LogP contribution in [0.1, 0.15) is 16.7 Å². The van der Waals surface area contributed by atoms with Crippen LogP contribution in [-0.2, 0) is 13.0 Å². The van der Waals surface area contributed by atoms with Crippen LogP contribution >= 0.6 is 11.6 Å². The van der Waals surface area contributed by atoms with Gasteiger partial charge in [-0.2, -0.15) is 0 Å². The molecule has 4 rings (SSSR count). The van der Waals surface area contributed by atoms with Crippen molar-refractivity contribution < 1.29 is 9.73 Å². The molecule has 4 nitrogen and oxygen atoms in total. The van der Waals surface area contributed by atoms with Gasteiger partial charge in [0.25, 0.3) is 0 Å². The van der Waals surface area contributed by atoms with E-state index in [0.717, 1.165) is 29.5 Å². The summed E-state index contributed by atoms with van der Waals surface area (Å²) in [5.41, 5.74) is 4.62. The third-order valence-corrected chi connectivity index (χ3v) is 5.17. The van der Waals surface area contributed by atoms with E-state index in [1.165, 1.54) is 16.5 Å². The van der Waals surface area contributed by atoms with Crippen LogP contribution in [0.15, 0.2) is 57.9 Å². The summed E-state index contributed by atoms with van der Waals surface area (Å²) in [5.74, 6) is 0. The monoisotopic (exact) mass is 367 g/mol. The highest BCUT2D eigenvalue weighted by molar-refractivity contribution is 6.32. The number of fused-ring (bicyclic) bond motifs is 2. The van der Waals surface area contributed by atoms with Crippen LogP contribution in [0.5, 0.6) is 0 Å². The van der Waals surface area contributed by atoms with Crippen molar-refractivity contribution in [3.8, 4) is 0 Å². The Morgan fingerprint density at radius 1 is 1.12 bits per heavy atom. The van der Waals surface area contributed by atoms with Gasteiger partial charge in [0.15, 0.2) is 0 Å². The molecule has 0 aliphatic carbocycles. The first-order valence-corrected chi connectivity index (χ1v) is 9.09. The average molecular weight is 368 g/mol. The maximum atomic E-state index is 11.8. The van der Waals surface area contributed by atoms with Gasteiger partial charge in [-0.3, -0.25) is 0 Å². The Morgan fingerprint density at radius 3 is 2.85 bits per heavy atom. The molecule has 0 aliphatic heterocycles. The molecule has 2 aromatic heterocycles. The Hall–Kier alpha value is -2.56. The van der Waals surface area contributed by atoms with Crippen LogP contribution in [0.3, 0.4) is 0 Å². The van der Waals surface area contributed by atoms with Gasteiger partial charge < -0.3 is 14.7 Å². The Bertz CT molecular complexity index is 1140. The largest absolute Gasteiger partial charge is 0.423 e. The zero-order valence-corrected chi connectivity index (χ0v) is 15.3. The molecule has 5 heteroatoms. The van der Waals surface area contributed by atoms with Crippen LogP contribution in [0, 0.1) is 6.92 Å². The summed E-state index contributed by atoms with van der Waals surface area (Å²) in [6, 6.07) is 13.6. The van der Waals surface area contributed by atoms with Crippen LogP contribution in [-0.4, -0.2) is 11.5 Å². The van der Waals surface area contributed by atoms with Gasteiger partial charge in [-0.25, -0.2) is 4.79 Å². The van der Waals surface area contributed by atoms with Crippen molar-refractivity contribution in [3.63, 3.8) is 0 Å². The van der Waals surface area contributed by atoms with Gasteiger partial charge in [0, 0.05) is 45.6 Å². The minimum atomic E-state index is -0.320. The second kappa shape index (κ2) is 6.98. The fraction of sp³-hybridized carbons (Fsp3) is 0.190. The number of H-pyrrole nitrogens is 1. The van der Waals surface area contributed by atoms with Crippen molar-refractivity contribution >= 4 is 33.5 Å². The van der Waals surface area contributed by atoms with Gasteiger partial charge in [0.05, 0.1) is 6.54 Å². The van der Waals surface area contributed by atoms with Gasteiger partial charge in [-0.05, 0) is 36.2 Å². The molecule has 2 aromatic carbocycles. The number of rotatable bonds is 5. The van der Waals surface area contributed by atoms with Crippen molar-refractivity contribution in [3.05, 3.63) is 80.8 Å². The Morgan fingerprint density at radius 2 is 1.96 bits per heavy atom. The molecule has 132 valence electrons. The Labute approximate surface area is 155 Å². The number of aryl methyl sites for hydroxylation is 1. The Balaban J connectivity index is 1.49. The molecule has 3 N–H and O–H groups in total. The minimum Gasteiger partial charge on any atom is -0.423 e. The lowest BCUT2D eigenvalue weighted by molar-refractivity contribution is -0.669. The molecule has 0 unspecified atom stereocenters. The molecule has 2 heterocycles. The average Bonchev–Trinajstić information content (AvgIpc) is 3.03. The third-order valence-electron chi connectivity index (χ3n) is 4.77. The van der Waals surface area contributed by atoms with Gasteiger partial charge in [0.2, 0.25) is 0 Å². The van der Waals surface area contributed by atoms with Crippen molar-refractivity contribution in [2.45, 2.75) is 19.9 Å². The summed E-state index contributed by atoms with van der Waals surface area (Å²) >= 11 is 6.25. The maximum Gasteiger partial charge on any atom is 0.336 e. The third kappa shape index (κ3) is 3.26. The van der Waals surface area contributed by atoms with E-state index in [4.69, 9.17) is 16.0 Å². The van der Waals surface area contributed by atoms with Gasteiger partial charge >= 0.3 is 5.63 Å². The lowest BCUT2D eigenvalue weighted by atomic mass is 10.1. The fourth-order valence-corrected chi connectivity index (χ4v) is 3.53. The molecule has 0 amide bonds. The summed E-state index contributed by atoms with van der Waals surface area (Å²) in [6.07, 6.45) is 3.04. The standard InChI is InChI=1S/C21H19ClN2O2/c1-13-8-20-17(10-18(13)22)15(9-21(25)26-20)11-23-7-6-14-12-24-19-5-3-2-4-16(14)19/h2-5,8-10,12,23-24H,6-7,11H2,1H3/p+1. The van der Waals surface area contributed by atoms with Crippen molar-refractivity contribution in [2.75, 3.05) is 6.54 Å². The second-order valence-corrected chi connectivity index (χ2v) is 6.99. The lowest BCUT2D eigenvalue weighted by Gasteiger charge is -2.07. The van der Waals surface area contributed by atoms with Crippen LogP contribution in [0.4, 0.5) is 0 Å².